The summed E-state index contributed by atoms with van der Waals surface area (Å²) in [6.07, 6.45) is 0.482. The minimum absolute atomic E-state index is 0.482. The van der Waals surface area contributed by atoms with Crippen LogP contribution in [0.1, 0.15) is 17.7 Å². The van der Waals surface area contributed by atoms with E-state index < -0.39 is 11.4 Å². The second kappa shape index (κ2) is 6.39. The van der Waals surface area contributed by atoms with E-state index in [0.717, 1.165) is 15.6 Å². The lowest BCUT2D eigenvalue weighted by molar-refractivity contribution is -0.123. The number of thiazole rings is 1. The van der Waals surface area contributed by atoms with Gasteiger partial charge in [0, 0.05) is 16.8 Å². The van der Waals surface area contributed by atoms with Gasteiger partial charge in [-0.1, -0.05) is 42.1 Å². The predicted octanol–water partition coefficient (Wildman–Crippen LogP) is 2.27. The molecular formula is C14H17N3OS2. The molecule has 0 radical (unpaired) electrons. The second-order valence-electron chi connectivity index (χ2n) is 4.55. The fourth-order valence-corrected chi connectivity index (χ4v) is 3.84. The number of aryl methyl sites for hydroxylation is 1. The first kappa shape index (κ1) is 15.0. The van der Waals surface area contributed by atoms with Crippen LogP contribution in [0.5, 0.6) is 0 Å². The molecule has 0 aliphatic carbocycles. The van der Waals surface area contributed by atoms with E-state index in [0.29, 0.717) is 12.2 Å². The summed E-state index contributed by atoms with van der Waals surface area (Å²) in [6, 6.07) is 9.28. The fourth-order valence-electron chi connectivity index (χ4n) is 1.84. The molecule has 1 heterocycles. The Morgan fingerprint density at radius 3 is 2.65 bits per heavy atom. The first-order valence-corrected chi connectivity index (χ1v) is 8.08. The highest BCUT2D eigenvalue weighted by molar-refractivity contribution is 8.01. The average molecular weight is 307 g/mol. The highest BCUT2D eigenvalue weighted by atomic mass is 32.2. The van der Waals surface area contributed by atoms with Crippen LogP contribution in [0.25, 0.3) is 0 Å². The van der Waals surface area contributed by atoms with Crippen LogP contribution in [0.3, 0.4) is 0 Å². The average Bonchev–Trinajstić information content (AvgIpc) is 2.85. The maximum Gasteiger partial charge on any atom is 0.242 e. The third-order valence-corrected chi connectivity index (χ3v) is 5.19. The van der Waals surface area contributed by atoms with Crippen LogP contribution in [0.4, 0.5) is 0 Å². The summed E-state index contributed by atoms with van der Waals surface area (Å²) >= 11 is 3.20. The number of nitrogens with zero attached hydrogens (tertiary/aromatic N) is 1. The van der Waals surface area contributed by atoms with Crippen LogP contribution < -0.4 is 11.5 Å². The first-order chi connectivity index (χ1) is 9.52. The van der Waals surface area contributed by atoms with E-state index in [2.05, 4.69) is 4.98 Å². The molecule has 1 aromatic carbocycles. The molecule has 20 heavy (non-hydrogen) atoms. The highest BCUT2D eigenvalue weighted by Gasteiger charge is 2.33. The number of aromatic nitrogens is 1. The van der Waals surface area contributed by atoms with E-state index in [-0.39, 0.29) is 0 Å². The standard InChI is InChI=1S/C14H17N3OS2/c1-10-9-20-13(17-10)19-8-7-14(16,12(15)18)11-5-3-2-4-6-11/h2-6,9H,7-8,16H2,1H3,(H2,15,18). The van der Waals surface area contributed by atoms with Gasteiger partial charge in [-0.3, -0.25) is 4.79 Å². The molecular weight excluding hydrogens is 290 g/mol. The van der Waals surface area contributed by atoms with Gasteiger partial charge in [-0.25, -0.2) is 4.98 Å². The topological polar surface area (TPSA) is 82.0 Å². The van der Waals surface area contributed by atoms with E-state index in [4.69, 9.17) is 11.5 Å². The summed E-state index contributed by atoms with van der Waals surface area (Å²) in [5.74, 6) is 0.195. The van der Waals surface area contributed by atoms with Gasteiger partial charge in [-0.2, -0.15) is 0 Å². The fraction of sp³-hybridized carbons (Fsp3) is 0.286. The van der Waals surface area contributed by atoms with Crippen LogP contribution in [0, 0.1) is 6.92 Å². The largest absolute Gasteiger partial charge is 0.368 e. The van der Waals surface area contributed by atoms with Crippen molar-refractivity contribution in [3.63, 3.8) is 0 Å². The SMILES string of the molecule is Cc1csc(SCCC(N)(C(N)=O)c2ccccc2)n1. The van der Waals surface area contributed by atoms with Crippen molar-refractivity contribution in [2.24, 2.45) is 11.5 Å². The Hall–Kier alpha value is -1.37. The third-order valence-electron chi connectivity index (χ3n) is 3.05. The van der Waals surface area contributed by atoms with Gasteiger partial charge in [-0.15, -0.1) is 11.3 Å². The predicted molar refractivity (Wildman–Crippen MR) is 83.7 cm³/mol. The maximum atomic E-state index is 11.7. The van der Waals surface area contributed by atoms with Gasteiger partial charge in [0.15, 0.2) is 0 Å². The molecule has 1 aromatic heterocycles. The van der Waals surface area contributed by atoms with Gasteiger partial charge in [0.2, 0.25) is 5.91 Å². The van der Waals surface area contributed by atoms with Crippen molar-refractivity contribution in [2.45, 2.75) is 23.2 Å². The molecule has 106 valence electrons. The van der Waals surface area contributed by atoms with E-state index in [1.54, 1.807) is 23.1 Å². The number of carbonyl (C=O) groups is 1. The van der Waals surface area contributed by atoms with Crippen molar-refractivity contribution >= 4 is 29.0 Å². The van der Waals surface area contributed by atoms with Crippen LogP contribution >= 0.6 is 23.1 Å². The molecule has 1 unspecified atom stereocenters. The number of nitrogens with two attached hydrogens (primary N) is 2. The number of thioether (sulfide) groups is 1. The molecule has 0 aliphatic heterocycles. The van der Waals surface area contributed by atoms with Crippen LogP contribution in [-0.2, 0) is 10.3 Å². The molecule has 0 saturated heterocycles. The number of rotatable bonds is 6. The number of amides is 1. The molecule has 0 aliphatic rings. The van der Waals surface area contributed by atoms with E-state index in [1.807, 2.05) is 42.6 Å². The van der Waals surface area contributed by atoms with Gasteiger partial charge >= 0.3 is 0 Å². The molecule has 2 aromatic rings. The molecule has 1 atom stereocenters. The third kappa shape index (κ3) is 3.39. The van der Waals surface area contributed by atoms with E-state index in [1.165, 1.54) is 0 Å². The number of hydrogen-bond donors (Lipinski definition) is 2. The summed E-state index contributed by atoms with van der Waals surface area (Å²) in [4.78, 5) is 16.1. The van der Waals surface area contributed by atoms with Crippen LogP contribution in [0.15, 0.2) is 40.1 Å². The molecule has 0 spiro atoms. The lowest BCUT2D eigenvalue weighted by Gasteiger charge is -2.26. The molecule has 2 rings (SSSR count). The Balaban J connectivity index is 2.05. The lowest BCUT2D eigenvalue weighted by Crippen LogP contribution is -2.49. The van der Waals surface area contributed by atoms with Crippen molar-refractivity contribution in [2.75, 3.05) is 5.75 Å². The summed E-state index contributed by atoms with van der Waals surface area (Å²) in [6.45, 7) is 1.96. The number of carbonyl (C=O) groups excluding carboxylic acids is 1. The minimum atomic E-state index is -1.12. The smallest absolute Gasteiger partial charge is 0.242 e. The monoisotopic (exact) mass is 307 g/mol. The Morgan fingerprint density at radius 2 is 2.10 bits per heavy atom. The van der Waals surface area contributed by atoms with Crippen molar-refractivity contribution in [1.29, 1.82) is 0 Å². The van der Waals surface area contributed by atoms with Gasteiger partial charge in [0.25, 0.3) is 0 Å². The maximum absolute atomic E-state index is 11.7. The number of benzene rings is 1. The molecule has 0 bridgehead atoms. The first-order valence-electron chi connectivity index (χ1n) is 6.21. The summed E-state index contributed by atoms with van der Waals surface area (Å²) in [5.41, 5.74) is 12.4. The minimum Gasteiger partial charge on any atom is -0.368 e. The van der Waals surface area contributed by atoms with E-state index in [9.17, 15) is 4.79 Å². The zero-order valence-electron chi connectivity index (χ0n) is 11.2. The van der Waals surface area contributed by atoms with Crippen molar-refractivity contribution < 1.29 is 4.79 Å². The van der Waals surface area contributed by atoms with Crippen molar-refractivity contribution in [3.8, 4) is 0 Å². The van der Waals surface area contributed by atoms with Gasteiger partial charge in [0.1, 0.15) is 9.88 Å². The Labute approximate surface area is 126 Å². The number of hydrogen-bond acceptors (Lipinski definition) is 5. The second-order valence-corrected chi connectivity index (χ2v) is 6.76. The Morgan fingerprint density at radius 1 is 1.40 bits per heavy atom. The number of primary amides is 1. The van der Waals surface area contributed by atoms with Gasteiger partial charge in [0.05, 0.1) is 0 Å². The zero-order chi connectivity index (χ0) is 14.6. The summed E-state index contributed by atoms with van der Waals surface area (Å²) in [7, 11) is 0. The molecule has 6 heteroatoms. The molecule has 0 fully saturated rings. The van der Waals surface area contributed by atoms with Crippen LogP contribution in [0.2, 0.25) is 0 Å². The zero-order valence-corrected chi connectivity index (χ0v) is 12.8. The highest BCUT2D eigenvalue weighted by Crippen LogP contribution is 2.28. The molecule has 4 N–H and O–H groups in total. The van der Waals surface area contributed by atoms with E-state index >= 15 is 0 Å². The van der Waals surface area contributed by atoms with Crippen molar-refractivity contribution in [1.82, 2.24) is 4.98 Å². The molecule has 4 nitrogen and oxygen atoms in total. The Bertz CT molecular complexity index is 585. The van der Waals surface area contributed by atoms with Crippen molar-refractivity contribution in [3.05, 3.63) is 47.0 Å². The molecule has 0 saturated carbocycles. The van der Waals surface area contributed by atoms with Gasteiger partial charge < -0.3 is 11.5 Å². The van der Waals surface area contributed by atoms with Crippen LogP contribution in [-0.4, -0.2) is 16.6 Å². The van der Waals surface area contributed by atoms with Gasteiger partial charge in [-0.05, 0) is 18.9 Å². The summed E-state index contributed by atoms with van der Waals surface area (Å²) in [5, 5.41) is 2.00. The molecule has 1 amide bonds. The lowest BCUT2D eigenvalue weighted by atomic mass is 9.88. The normalized spacial score (nSPS) is 13.9. The quantitative estimate of drug-likeness (QED) is 0.802. The summed E-state index contributed by atoms with van der Waals surface area (Å²) < 4.78 is 0.988. The Kier molecular flexibility index (Phi) is 4.80.